The van der Waals surface area contributed by atoms with Crippen LogP contribution in [-0.2, 0) is 11.3 Å². The molecule has 42 heavy (non-hydrogen) atoms. The number of piperazine rings is 1. The fourth-order valence-corrected chi connectivity index (χ4v) is 5.12. The van der Waals surface area contributed by atoms with Crippen LogP contribution >= 0.6 is 11.6 Å². The van der Waals surface area contributed by atoms with Crippen molar-refractivity contribution in [1.82, 2.24) is 10.2 Å². The maximum Gasteiger partial charge on any atom is 0.573 e. The number of carbonyl (C=O) groups is 1. The minimum absolute atomic E-state index is 0.231. The van der Waals surface area contributed by atoms with E-state index in [4.69, 9.17) is 11.6 Å². The molecule has 0 atom stereocenters. The van der Waals surface area contributed by atoms with Gasteiger partial charge in [-0.2, -0.15) is 0 Å². The third-order valence-corrected chi connectivity index (χ3v) is 7.47. The molecule has 0 radical (unpaired) electrons. The Labute approximate surface area is 249 Å². The summed E-state index contributed by atoms with van der Waals surface area (Å²) in [6, 6.07) is 14.0. The van der Waals surface area contributed by atoms with Gasteiger partial charge in [0.1, 0.15) is 11.4 Å². The van der Waals surface area contributed by atoms with Crippen LogP contribution in [0.15, 0.2) is 108 Å². The first kappa shape index (κ1) is 30.8. The number of hydrogen-bond acceptors (Lipinski definition) is 5. The summed E-state index contributed by atoms with van der Waals surface area (Å²) in [4.78, 5) is 19.6. The minimum Gasteiger partial charge on any atom is -0.406 e. The van der Waals surface area contributed by atoms with Gasteiger partial charge in [-0.25, -0.2) is 0 Å². The van der Waals surface area contributed by atoms with Crippen molar-refractivity contribution in [3.63, 3.8) is 0 Å². The quantitative estimate of drug-likeness (QED) is 0.244. The fraction of sp³-hybridized carbons (Fsp3) is 0.281. The second-order valence-electron chi connectivity index (χ2n) is 10.00. The Morgan fingerprint density at radius 3 is 2.05 bits per heavy atom. The van der Waals surface area contributed by atoms with Gasteiger partial charge in [0.25, 0.3) is 5.91 Å². The number of halogens is 4. The Balaban J connectivity index is 1.35. The van der Waals surface area contributed by atoms with Gasteiger partial charge in [-0.05, 0) is 73.0 Å². The van der Waals surface area contributed by atoms with Crippen molar-refractivity contribution in [3.05, 3.63) is 113 Å². The molecule has 2 aromatic rings. The average Bonchev–Trinajstić information content (AvgIpc) is 2.96. The average molecular weight is 599 g/mol. The van der Waals surface area contributed by atoms with Crippen molar-refractivity contribution in [1.29, 1.82) is 0 Å². The summed E-state index contributed by atoms with van der Waals surface area (Å²) >= 11 is 6.30. The summed E-state index contributed by atoms with van der Waals surface area (Å²) < 4.78 is 41.2. The van der Waals surface area contributed by atoms with E-state index in [1.807, 2.05) is 38.1 Å². The fourth-order valence-electron chi connectivity index (χ4n) is 4.96. The smallest absolute Gasteiger partial charge is 0.406 e. The maximum atomic E-state index is 13.5. The second kappa shape index (κ2) is 13.2. The van der Waals surface area contributed by atoms with Crippen LogP contribution in [0.25, 0.3) is 0 Å². The molecule has 1 fully saturated rings. The number of rotatable bonds is 9. The van der Waals surface area contributed by atoms with Crippen LogP contribution in [0.1, 0.15) is 25.8 Å². The number of nitrogens with one attached hydrogen (secondary N) is 1. The molecule has 1 amide bonds. The van der Waals surface area contributed by atoms with Crippen molar-refractivity contribution >= 4 is 28.9 Å². The number of anilines is 2. The highest BCUT2D eigenvalue weighted by atomic mass is 35.5. The van der Waals surface area contributed by atoms with Gasteiger partial charge in [0, 0.05) is 50.3 Å². The van der Waals surface area contributed by atoms with E-state index in [-0.39, 0.29) is 11.7 Å². The standard InChI is InChI=1S/C32H34ClF3N4O2/c1-5-28(22(2)3)30(40-16-6-7-29(33)23(40)4)31(41)37-21-24-8-10-25(11-9-24)38-17-19-39(20-18-38)26-12-14-27(15-13-26)42-32(34,35)36/h6-16H,2,4-5,17-21H2,1,3H3,(H,37,41)/b30-28-. The van der Waals surface area contributed by atoms with Crippen LogP contribution in [0, 0.1) is 0 Å². The van der Waals surface area contributed by atoms with Crippen molar-refractivity contribution < 1.29 is 22.7 Å². The topological polar surface area (TPSA) is 48.1 Å². The summed E-state index contributed by atoms with van der Waals surface area (Å²) in [6.07, 6.45) is 1.20. The van der Waals surface area contributed by atoms with Crippen LogP contribution in [0.4, 0.5) is 24.5 Å². The number of hydrogen-bond donors (Lipinski definition) is 1. The summed E-state index contributed by atoms with van der Waals surface area (Å²) in [5.74, 6) is -0.476. The van der Waals surface area contributed by atoms with Crippen LogP contribution in [0.3, 0.4) is 0 Å². The lowest BCUT2D eigenvalue weighted by Crippen LogP contribution is -2.46. The Hall–Kier alpha value is -4.11. The number of alkyl halides is 3. The molecule has 4 rings (SSSR count). The van der Waals surface area contributed by atoms with Crippen molar-refractivity contribution in [3.8, 4) is 5.75 Å². The molecule has 222 valence electrons. The highest BCUT2D eigenvalue weighted by Crippen LogP contribution is 2.31. The minimum atomic E-state index is -4.70. The summed E-state index contributed by atoms with van der Waals surface area (Å²) in [6.45, 7) is 15.3. The molecule has 2 aromatic carbocycles. The number of allylic oxidation sites excluding steroid dienone is 5. The van der Waals surface area contributed by atoms with Crippen molar-refractivity contribution in [2.45, 2.75) is 33.2 Å². The number of carbonyl (C=O) groups excluding carboxylic acids is 1. The van der Waals surface area contributed by atoms with E-state index in [1.165, 1.54) is 12.1 Å². The third-order valence-electron chi connectivity index (χ3n) is 7.12. The zero-order chi connectivity index (χ0) is 30.4. The molecule has 0 unspecified atom stereocenters. The molecule has 0 aromatic heterocycles. The summed E-state index contributed by atoms with van der Waals surface area (Å²) in [5, 5.41) is 3.49. The molecule has 10 heteroatoms. The van der Waals surface area contributed by atoms with Gasteiger partial charge in [0.15, 0.2) is 0 Å². The predicted molar refractivity (Wildman–Crippen MR) is 162 cm³/mol. The number of ether oxygens (including phenoxy) is 1. The third kappa shape index (κ3) is 7.59. The molecular weight excluding hydrogens is 565 g/mol. The molecule has 0 saturated carbocycles. The summed E-state index contributed by atoms with van der Waals surface area (Å²) in [7, 11) is 0. The normalized spacial score (nSPS) is 16.2. The second-order valence-corrected chi connectivity index (χ2v) is 10.4. The molecule has 2 aliphatic heterocycles. The first-order valence-electron chi connectivity index (χ1n) is 13.6. The van der Waals surface area contributed by atoms with E-state index in [2.05, 4.69) is 33.0 Å². The van der Waals surface area contributed by atoms with E-state index in [0.717, 1.165) is 54.3 Å². The lowest BCUT2D eigenvalue weighted by atomic mass is 10.0. The van der Waals surface area contributed by atoms with E-state index in [0.29, 0.717) is 29.4 Å². The van der Waals surface area contributed by atoms with E-state index >= 15 is 0 Å². The number of nitrogens with zero attached hydrogens (tertiary/aromatic N) is 3. The Bertz CT molecular complexity index is 1400. The van der Waals surface area contributed by atoms with Gasteiger partial charge in [-0.1, -0.05) is 49.4 Å². The Morgan fingerprint density at radius 1 is 1.00 bits per heavy atom. The SMILES string of the molecule is C=C(C)/C(CC)=C(/C(=O)NCc1ccc(N2CCN(c3ccc(OC(F)(F)F)cc3)CC2)cc1)N1C=CC=C(Cl)C1=C. The zero-order valence-corrected chi connectivity index (χ0v) is 24.4. The lowest BCUT2D eigenvalue weighted by Gasteiger charge is -2.37. The number of amides is 1. The molecule has 6 nitrogen and oxygen atoms in total. The van der Waals surface area contributed by atoms with Gasteiger partial charge in [-0.15, -0.1) is 13.2 Å². The monoisotopic (exact) mass is 598 g/mol. The van der Waals surface area contributed by atoms with Crippen LogP contribution in [0.5, 0.6) is 5.75 Å². The largest absolute Gasteiger partial charge is 0.573 e. The first-order chi connectivity index (χ1) is 20.0. The van der Waals surface area contributed by atoms with Crippen molar-refractivity contribution in [2.24, 2.45) is 0 Å². The van der Waals surface area contributed by atoms with Crippen LogP contribution < -0.4 is 19.9 Å². The van der Waals surface area contributed by atoms with E-state index < -0.39 is 6.36 Å². The molecular formula is C32H34ClF3N4O2. The van der Waals surface area contributed by atoms with Gasteiger partial charge >= 0.3 is 6.36 Å². The molecule has 1 N–H and O–H groups in total. The van der Waals surface area contributed by atoms with Gasteiger partial charge in [0.05, 0.1) is 10.7 Å². The van der Waals surface area contributed by atoms with Crippen LogP contribution in [0.2, 0.25) is 0 Å². The maximum absolute atomic E-state index is 13.5. The Kier molecular flexibility index (Phi) is 9.73. The van der Waals surface area contributed by atoms with Gasteiger partial charge in [0.2, 0.25) is 0 Å². The first-order valence-corrected chi connectivity index (χ1v) is 14.0. The predicted octanol–water partition coefficient (Wildman–Crippen LogP) is 7.23. The molecule has 1 saturated heterocycles. The van der Waals surface area contributed by atoms with Gasteiger partial charge < -0.3 is 24.8 Å². The summed E-state index contributed by atoms with van der Waals surface area (Å²) in [5.41, 5.74) is 5.46. The highest BCUT2D eigenvalue weighted by Gasteiger charge is 2.31. The highest BCUT2D eigenvalue weighted by molar-refractivity contribution is 6.32. The van der Waals surface area contributed by atoms with E-state index in [9.17, 15) is 18.0 Å². The Morgan fingerprint density at radius 2 is 1.55 bits per heavy atom. The zero-order valence-electron chi connectivity index (χ0n) is 23.7. The number of benzene rings is 2. The van der Waals surface area contributed by atoms with Gasteiger partial charge in [-0.3, -0.25) is 4.79 Å². The lowest BCUT2D eigenvalue weighted by molar-refractivity contribution is -0.274. The molecule has 2 heterocycles. The molecule has 2 aliphatic rings. The molecule has 0 aliphatic carbocycles. The van der Waals surface area contributed by atoms with Crippen molar-refractivity contribution in [2.75, 3.05) is 36.0 Å². The molecule has 0 spiro atoms. The van der Waals surface area contributed by atoms with Crippen LogP contribution in [-0.4, -0.2) is 43.3 Å². The van der Waals surface area contributed by atoms with E-state index in [1.54, 1.807) is 35.4 Å². The molecule has 0 bridgehead atoms.